The molecule has 1 atom stereocenters. The van der Waals surface area contributed by atoms with E-state index >= 15 is 0 Å². The van der Waals surface area contributed by atoms with Crippen LogP contribution >= 0.6 is 0 Å². The van der Waals surface area contributed by atoms with Gasteiger partial charge in [0.25, 0.3) is 0 Å². The molecule has 0 saturated carbocycles. The molecule has 5 heteroatoms. The van der Waals surface area contributed by atoms with Gasteiger partial charge in [-0.3, -0.25) is 0 Å². The molecule has 1 aliphatic rings. The van der Waals surface area contributed by atoms with Crippen LogP contribution in [0.25, 0.3) is 0 Å². The lowest BCUT2D eigenvalue weighted by Gasteiger charge is -2.27. The van der Waals surface area contributed by atoms with Crippen LogP contribution in [0.15, 0.2) is 12.1 Å². The average molecular weight is 252 g/mol. The summed E-state index contributed by atoms with van der Waals surface area (Å²) in [5.41, 5.74) is 0.242. The molecule has 0 spiro atoms. The van der Waals surface area contributed by atoms with E-state index in [-0.39, 0.29) is 17.4 Å². The molecule has 1 N–H and O–H groups in total. The van der Waals surface area contributed by atoms with Gasteiger partial charge < -0.3 is 19.3 Å². The van der Waals surface area contributed by atoms with E-state index in [2.05, 4.69) is 11.7 Å². The van der Waals surface area contributed by atoms with Crippen LogP contribution in [0.5, 0.6) is 17.2 Å². The van der Waals surface area contributed by atoms with E-state index < -0.39 is 5.97 Å². The van der Waals surface area contributed by atoms with Crippen LogP contribution in [0.1, 0.15) is 30.1 Å². The van der Waals surface area contributed by atoms with Gasteiger partial charge in [0.05, 0.1) is 12.7 Å². The first kappa shape index (κ1) is 12.5. The van der Waals surface area contributed by atoms with Gasteiger partial charge in [0.15, 0.2) is 11.5 Å². The van der Waals surface area contributed by atoms with Crippen molar-refractivity contribution in [2.24, 2.45) is 0 Å². The van der Waals surface area contributed by atoms with Gasteiger partial charge in [-0.1, -0.05) is 13.3 Å². The monoisotopic (exact) mass is 252 g/mol. The highest BCUT2D eigenvalue weighted by molar-refractivity contribution is 5.91. The minimum Gasteiger partial charge on any atom is -0.504 e. The molecule has 0 saturated heterocycles. The third-order valence-electron chi connectivity index (χ3n) is 2.78. The largest absolute Gasteiger partial charge is 0.504 e. The number of hydrogen-bond acceptors (Lipinski definition) is 5. The van der Waals surface area contributed by atoms with Crippen molar-refractivity contribution in [1.29, 1.82) is 0 Å². The molecule has 0 amide bonds. The SMILES string of the molecule is CCCC1COc2cc(C(=O)OC)cc(O)c2O1. The zero-order valence-corrected chi connectivity index (χ0v) is 10.4. The van der Waals surface area contributed by atoms with E-state index in [4.69, 9.17) is 9.47 Å². The highest BCUT2D eigenvalue weighted by Gasteiger charge is 2.25. The highest BCUT2D eigenvalue weighted by atomic mass is 16.6. The number of esters is 1. The Hall–Kier alpha value is -1.91. The van der Waals surface area contributed by atoms with Gasteiger partial charge in [-0.05, 0) is 18.6 Å². The van der Waals surface area contributed by atoms with Gasteiger partial charge in [0.2, 0.25) is 5.75 Å². The molecule has 0 aromatic heterocycles. The van der Waals surface area contributed by atoms with Crippen LogP contribution in [-0.2, 0) is 4.74 Å². The predicted octanol–water partition coefficient (Wildman–Crippen LogP) is 2.12. The van der Waals surface area contributed by atoms with Gasteiger partial charge >= 0.3 is 5.97 Å². The molecule has 1 aromatic rings. The molecule has 0 fully saturated rings. The predicted molar refractivity (Wildman–Crippen MR) is 64.3 cm³/mol. The Kier molecular flexibility index (Phi) is 3.60. The number of rotatable bonds is 3. The second-order valence-corrected chi connectivity index (χ2v) is 4.15. The number of ether oxygens (including phenoxy) is 3. The highest BCUT2D eigenvalue weighted by Crippen LogP contribution is 2.41. The van der Waals surface area contributed by atoms with Gasteiger partial charge in [0.1, 0.15) is 12.7 Å². The number of benzene rings is 1. The van der Waals surface area contributed by atoms with Crippen molar-refractivity contribution in [3.63, 3.8) is 0 Å². The summed E-state index contributed by atoms with van der Waals surface area (Å²) in [7, 11) is 1.29. The first-order valence-corrected chi connectivity index (χ1v) is 5.90. The zero-order chi connectivity index (χ0) is 13.1. The summed E-state index contributed by atoms with van der Waals surface area (Å²) in [6, 6.07) is 2.84. The molecular weight excluding hydrogens is 236 g/mol. The molecule has 1 aliphatic heterocycles. The maximum absolute atomic E-state index is 11.4. The van der Waals surface area contributed by atoms with Gasteiger partial charge in [-0.15, -0.1) is 0 Å². The normalized spacial score (nSPS) is 17.3. The van der Waals surface area contributed by atoms with Gasteiger partial charge in [-0.2, -0.15) is 0 Å². The Bertz CT molecular complexity index is 455. The fourth-order valence-electron chi connectivity index (χ4n) is 1.90. The molecule has 98 valence electrons. The fraction of sp³-hybridized carbons (Fsp3) is 0.462. The summed E-state index contributed by atoms with van der Waals surface area (Å²) in [5.74, 6) is 0.0520. The Morgan fingerprint density at radius 1 is 1.56 bits per heavy atom. The maximum atomic E-state index is 11.4. The lowest BCUT2D eigenvalue weighted by molar-refractivity contribution is 0.0594. The number of fused-ring (bicyclic) bond motifs is 1. The van der Waals surface area contributed by atoms with E-state index in [0.29, 0.717) is 18.1 Å². The molecule has 2 rings (SSSR count). The van der Waals surface area contributed by atoms with E-state index in [0.717, 1.165) is 12.8 Å². The molecular formula is C13H16O5. The Morgan fingerprint density at radius 2 is 2.33 bits per heavy atom. The van der Waals surface area contributed by atoms with Crippen molar-refractivity contribution in [3.8, 4) is 17.2 Å². The first-order valence-electron chi connectivity index (χ1n) is 5.90. The van der Waals surface area contributed by atoms with Crippen LogP contribution in [0.2, 0.25) is 0 Å². The van der Waals surface area contributed by atoms with Crippen molar-refractivity contribution in [2.75, 3.05) is 13.7 Å². The summed E-state index contributed by atoms with van der Waals surface area (Å²) in [6.07, 6.45) is 1.78. The molecule has 0 aliphatic carbocycles. The standard InChI is InChI=1S/C13H16O5/c1-3-4-9-7-17-11-6-8(13(15)16-2)5-10(14)12(11)18-9/h5-6,9,14H,3-4,7H2,1-2H3. The first-order chi connectivity index (χ1) is 8.65. The smallest absolute Gasteiger partial charge is 0.338 e. The fourth-order valence-corrected chi connectivity index (χ4v) is 1.90. The summed E-state index contributed by atoms with van der Waals surface area (Å²) >= 11 is 0. The van der Waals surface area contributed by atoms with Crippen molar-refractivity contribution in [2.45, 2.75) is 25.9 Å². The lowest BCUT2D eigenvalue weighted by Crippen LogP contribution is -2.29. The third kappa shape index (κ3) is 2.34. The van der Waals surface area contributed by atoms with E-state index in [1.807, 2.05) is 0 Å². The van der Waals surface area contributed by atoms with Crippen molar-refractivity contribution < 1.29 is 24.1 Å². The minimum atomic E-state index is -0.521. The number of phenolic OH excluding ortho intramolecular Hbond substituents is 1. The molecule has 1 unspecified atom stereocenters. The number of phenols is 1. The Balaban J connectivity index is 2.28. The molecule has 0 radical (unpaired) electrons. The molecule has 0 bridgehead atoms. The van der Waals surface area contributed by atoms with Crippen LogP contribution < -0.4 is 9.47 Å². The van der Waals surface area contributed by atoms with Crippen LogP contribution in [0, 0.1) is 0 Å². The number of methoxy groups -OCH3 is 1. The van der Waals surface area contributed by atoms with Gasteiger partial charge in [0, 0.05) is 0 Å². The Labute approximate surface area is 105 Å². The number of hydrogen-bond donors (Lipinski definition) is 1. The number of carbonyl (C=O) groups is 1. The topological polar surface area (TPSA) is 65.0 Å². The third-order valence-corrected chi connectivity index (χ3v) is 2.78. The van der Waals surface area contributed by atoms with Gasteiger partial charge in [-0.25, -0.2) is 4.79 Å². The second-order valence-electron chi connectivity index (χ2n) is 4.15. The summed E-state index contributed by atoms with van der Waals surface area (Å²) in [4.78, 5) is 11.4. The minimum absolute atomic E-state index is 0.0580. The summed E-state index contributed by atoms with van der Waals surface area (Å²) in [5, 5.41) is 9.85. The van der Waals surface area contributed by atoms with E-state index in [1.165, 1.54) is 19.2 Å². The molecule has 18 heavy (non-hydrogen) atoms. The summed E-state index contributed by atoms with van der Waals surface area (Å²) < 4.78 is 15.8. The Morgan fingerprint density at radius 3 is 3.00 bits per heavy atom. The molecule has 1 heterocycles. The van der Waals surface area contributed by atoms with Crippen molar-refractivity contribution >= 4 is 5.97 Å². The summed E-state index contributed by atoms with van der Waals surface area (Å²) in [6.45, 7) is 2.48. The quantitative estimate of drug-likeness (QED) is 0.835. The van der Waals surface area contributed by atoms with E-state index in [1.54, 1.807) is 0 Å². The number of carbonyl (C=O) groups excluding carboxylic acids is 1. The zero-order valence-electron chi connectivity index (χ0n) is 10.4. The maximum Gasteiger partial charge on any atom is 0.338 e. The average Bonchev–Trinajstić information content (AvgIpc) is 2.38. The van der Waals surface area contributed by atoms with Crippen LogP contribution in [0.4, 0.5) is 0 Å². The second kappa shape index (κ2) is 5.16. The lowest BCUT2D eigenvalue weighted by atomic mass is 10.1. The van der Waals surface area contributed by atoms with Crippen molar-refractivity contribution in [3.05, 3.63) is 17.7 Å². The number of aromatic hydroxyl groups is 1. The molecule has 5 nitrogen and oxygen atoms in total. The van der Waals surface area contributed by atoms with E-state index in [9.17, 15) is 9.90 Å². The molecule has 1 aromatic carbocycles. The van der Waals surface area contributed by atoms with Crippen LogP contribution in [-0.4, -0.2) is 30.9 Å². The van der Waals surface area contributed by atoms with Crippen molar-refractivity contribution in [1.82, 2.24) is 0 Å². The van der Waals surface area contributed by atoms with Crippen LogP contribution in [0.3, 0.4) is 0 Å².